The van der Waals surface area contributed by atoms with Gasteiger partial charge in [-0.05, 0) is 54.2 Å². The summed E-state index contributed by atoms with van der Waals surface area (Å²) >= 11 is 0. The van der Waals surface area contributed by atoms with Gasteiger partial charge in [0.25, 0.3) is 0 Å². The van der Waals surface area contributed by atoms with Gasteiger partial charge < -0.3 is 25.0 Å². The van der Waals surface area contributed by atoms with E-state index in [2.05, 4.69) is 32.7 Å². The second kappa shape index (κ2) is 13.3. The van der Waals surface area contributed by atoms with E-state index in [1.54, 1.807) is 6.20 Å². The molecule has 4 rings (SSSR count). The van der Waals surface area contributed by atoms with Crippen LogP contribution in [0.3, 0.4) is 0 Å². The van der Waals surface area contributed by atoms with Gasteiger partial charge in [-0.3, -0.25) is 0 Å². The van der Waals surface area contributed by atoms with Crippen molar-refractivity contribution in [3.8, 4) is 0 Å². The normalized spacial score (nSPS) is 14.5. The molecule has 2 aromatic carbocycles. The first-order chi connectivity index (χ1) is 18.1. The number of carbonyl (C=O) groups is 2. The molecule has 0 spiro atoms. The molecule has 1 aromatic heterocycles. The number of hydrogen-bond donors (Lipinski definition) is 2. The molecule has 0 bridgehead atoms. The van der Waals surface area contributed by atoms with Crippen molar-refractivity contribution >= 4 is 23.6 Å². The highest BCUT2D eigenvalue weighted by molar-refractivity contribution is 5.81. The lowest BCUT2D eigenvalue weighted by Crippen LogP contribution is -2.43. The lowest BCUT2D eigenvalue weighted by molar-refractivity contribution is -0.143. The highest BCUT2D eigenvalue weighted by atomic mass is 16.6. The van der Waals surface area contributed by atoms with Crippen LogP contribution < -0.4 is 15.5 Å². The van der Waals surface area contributed by atoms with E-state index in [9.17, 15) is 9.59 Å². The summed E-state index contributed by atoms with van der Waals surface area (Å²) < 4.78 is 10.2. The summed E-state index contributed by atoms with van der Waals surface area (Å²) in [7, 11) is 1.31. The molecule has 2 heterocycles. The minimum absolute atomic E-state index is 0.130. The third-order valence-corrected chi connectivity index (χ3v) is 6.58. The number of methoxy groups -OCH3 is 1. The van der Waals surface area contributed by atoms with E-state index in [1.807, 2.05) is 60.7 Å². The molecule has 1 aliphatic rings. The molecule has 1 aliphatic heterocycles. The standard InChI is InChI=1S/C29H34N4O4/c1-36-28(34)26(32-29(35)37-21-24-7-3-2-4-8-24)19-22-10-12-25(13-11-22)33-17-14-23(15-18-33)20-31-27-9-5-6-16-30-27/h2-13,16,23,26H,14-15,17-21H2,1H3,(H,30,31)(H,32,35). The largest absolute Gasteiger partial charge is 0.467 e. The molecule has 0 aliphatic carbocycles. The number of rotatable bonds is 10. The van der Waals surface area contributed by atoms with Crippen LogP contribution in [-0.2, 0) is 27.3 Å². The number of carbonyl (C=O) groups excluding carboxylic acids is 2. The Kier molecular flexibility index (Phi) is 9.35. The van der Waals surface area contributed by atoms with Gasteiger partial charge in [-0.2, -0.15) is 0 Å². The van der Waals surface area contributed by atoms with Crippen LogP contribution in [0.15, 0.2) is 79.0 Å². The van der Waals surface area contributed by atoms with Crippen molar-refractivity contribution in [2.75, 3.05) is 37.0 Å². The van der Waals surface area contributed by atoms with Crippen LogP contribution in [0.5, 0.6) is 0 Å². The number of piperidine rings is 1. The number of anilines is 2. The van der Waals surface area contributed by atoms with Crippen LogP contribution in [0.25, 0.3) is 0 Å². The molecule has 0 saturated carbocycles. The van der Waals surface area contributed by atoms with Gasteiger partial charge in [-0.15, -0.1) is 0 Å². The Morgan fingerprint density at radius 3 is 2.38 bits per heavy atom. The Hall–Kier alpha value is -4.07. The molecular weight excluding hydrogens is 468 g/mol. The number of esters is 1. The monoisotopic (exact) mass is 502 g/mol. The highest BCUT2D eigenvalue weighted by Crippen LogP contribution is 2.24. The highest BCUT2D eigenvalue weighted by Gasteiger charge is 2.23. The lowest BCUT2D eigenvalue weighted by Gasteiger charge is -2.34. The average Bonchev–Trinajstić information content (AvgIpc) is 2.96. The number of hydrogen-bond acceptors (Lipinski definition) is 7. The van der Waals surface area contributed by atoms with Gasteiger partial charge in [0.15, 0.2) is 0 Å². The Balaban J connectivity index is 1.25. The summed E-state index contributed by atoms with van der Waals surface area (Å²) in [5.74, 6) is 1.03. The molecule has 8 heteroatoms. The third kappa shape index (κ3) is 7.96. The number of nitrogens with zero attached hydrogens (tertiary/aromatic N) is 2. The van der Waals surface area contributed by atoms with Crippen LogP contribution in [0.4, 0.5) is 16.3 Å². The SMILES string of the molecule is COC(=O)C(Cc1ccc(N2CCC(CNc3ccccn3)CC2)cc1)NC(=O)OCc1ccccc1. The van der Waals surface area contributed by atoms with E-state index in [-0.39, 0.29) is 6.61 Å². The topological polar surface area (TPSA) is 92.8 Å². The molecule has 1 atom stereocenters. The van der Waals surface area contributed by atoms with E-state index in [0.717, 1.165) is 55.1 Å². The van der Waals surface area contributed by atoms with E-state index >= 15 is 0 Å². The summed E-state index contributed by atoms with van der Waals surface area (Å²) in [6, 6.07) is 22.6. The Labute approximate surface area is 218 Å². The maximum absolute atomic E-state index is 12.3. The van der Waals surface area contributed by atoms with Crippen LogP contribution >= 0.6 is 0 Å². The van der Waals surface area contributed by atoms with Gasteiger partial charge in [0.2, 0.25) is 0 Å². The fraction of sp³-hybridized carbons (Fsp3) is 0.345. The fourth-order valence-corrected chi connectivity index (χ4v) is 4.43. The van der Waals surface area contributed by atoms with Crippen molar-refractivity contribution in [3.63, 3.8) is 0 Å². The number of benzene rings is 2. The van der Waals surface area contributed by atoms with Crippen molar-refractivity contribution in [1.29, 1.82) is 0 Å². The first-order valence-corrected chi connectivity index (χ1v) is 12.6. The number of pyridine rings is 1. The molecule has 0 radical (unpaired) electrons. The van der Waals surface area contributed by atoms with Crippen molar-refractivity contribution in [1.82, 2.24) is 10.3 Å². The molecule has 1 fully saturated rings. The van der Waals surface area contributed by atoms with E-state index < -0.39 is 18.1 Å². The van der Waals surface area contributed by atoms with Gasteiger partial charge >= 0.3 is 12.1 Å². The van der Waals surface area contributed by atoms with Crippen LogP contribution in [-0.4, -0.2) is 49.8 Å². The fourth-order valence-electron chi connectivity index (χ4n) is 4.43. The summed E-state index contributed by atoms with van der Waals surface area (Å²) in [4.78, 5) is 31.3. The smallest absolute Gasteiger partial charge is 0.408 e. The summed E-state index contributed by atoms with van der Waals surface area (Å²) in [6.07, 6.45) is 3.68. The predicted octanol–water partition coefficient (Wildman–Crippen LogP) is 4.42. The summed E-state index contributed by atoms with van der Waals surface area (Å²) in [5, 5.41) is 6.07. The predicted molar refractivity (Wildman–Crippen MR) is 143 cm³/mol. The minimum atomic E-state index is -0.832. The van der Waals surface area contributed by atoms with Crippen LogP contribution in [0, 0.1) is 5.92 Å². The zero-order chi connectivity index (χ0) is 25.9. The minimum Gasteiger partial charge on any atom is -0.467 e. The molecule has 8 nitrogen and oxygen atoms in total. The zero-order valence-electron chi connectivity index (χ0n) is 21.1. The summed E-state index contributed by atoms with van der Waals surface area (Å²) in [6.45, 7) is 3.05. The summed E-state index contributed by atoms with van der Waals surface area (Å²) in [5.41, 5.74) is 2.96. The zero-order valence-corrected chi connectivity index (χ0v) is 21.1. The number of nitrogens with one attached hydrogen (secondary N) is 2. The van der Waals surface area contributed by atoms with Gasteiger partial charge in [0, 0.05) is 37.9 Å². The Morgan fingerprint density at radius 1 is 0.973 bits per heavy atom. The van der Waals surface area contributed by atoms with Crippen LogP contribution in [0.2, 0.25) is 0 Å². The number of ether oxygens (including phenoxy) is 2. The number of amides is 1. The molecule has 194 valence electrons. The van der Waals surface area contributed by atoms with Crippen LogP contribution in [0.1, 0.15) is 24.0 Å². The van der Waals surface area contributed by atoms with Crippen molar-refractivity contribution in [2.24, 2.45) is 5.92 Å². The first-order valence-electron chi connectivity index (χ1n) is 12.6. The second-order valence-corrected chi connectivity index (χ2v) is 9.18. The number of aromatic nitrogens is 1. The van der Waals surface area contributed by atoms with Gasteiger partial charge in [-0.25, -0.2) is 14.6 Å². The Morgan fingerprint density at radius 2 is 1.70 bits per heavy atom. The Bertz CT molecular complexity index is 1120. The lowest BCUT2D eigenvalue weighted by atomic mass is 9.96. The van der Waals surface area contributed by atoms with Gasteiger partial charge in [0.1, 0.15) is 18.5 Å². The average molecular weight is 503 g/mol. The maximum atomic E-state index is 12.3. The molecule has 1 saturated heterocycles. The van der Waals surface area contributed by atoms with Crippen molar-refractivity contribution in [2.45, 2.75) is 31.9 Å². The molecule has 2 N–H and O–H groups in total. The van der Waals surface area contributed by atoms with Crippen molar-refractivity contribution < 1.29 is 19.1 Å². The molecule has 1 amide bonds. The van der Waals surface area contributed by atoms with E-state index in [1.165, 1.54) is 7.11 Å². The molecular formula is C29H34N4O4. The quantitative estimate of drug-likeness (QED) is 0.397. The molecule has 3 aromatic rings. The van der Waals surface area contributed by atoms with Gasteiger partial charge in [-0.1, -0.05) is 48.5 Å². The first kappa shape index (κ1) is 26.0. The maximum Gasteiger partial charge on any atom is 0.408 e. The van der Waals surface area contributed by atoms with E-state index in [0.29, 0.717) is 12.3 Å². The number of alkyl carbamates (subject to hydrolysis) is 1. The van der Waals surface area contributed by atoms with E-state index in [4.69, 9.17) is 9.47 Å². The van der Waals surface area contributed by atoms with Gasteiger partial charge in [0.05, 0.1) is 7.11 Å². The molecule has 37 heavy (non-hydrogen) atoms. The molecule has 1 unspecified atom stereocenters. The third-order valence-electron chi connectivity index (χ3n) is 6.58. The van der Waals surface area contributed by atoms with Crippen molar-refractivity contribution in [3.05, 3.63) is 90.1 Å². The second-order valence-electron chi connectivity index (χ2n) is 9.18.